The molecule has 0 fully saturated rings. The Morgan fingerprint density at radius 2 is 1.75 bits per heavy atom. The molecule has 2 heterocycles. The Kier molecular flexibility index (Phi) is 12.7. The third kappa shape index (κ3) is 9.10. The van der Waals surface area contributed by atoms with Crippen LogP contribution in [-0.4, -0.2) is 57.2 Å². The lowest BCUT2D eigenvalue weighted by Crippen LogP contribution is -2.65. The van der Waals surface area contributed by atoms with E-state index in [2.05, 4.69) is 41.8 Å². The van der Waals surface area contributed by atoms with Gasteiger partial charge in [0.05, 0.1) is 10.5 Å². The molecule has 0 aliphatic heterocycles. The molecule has 1 aliphatic carbocycles. The maximum atomic E-state index is 14.8. The van der Waals surface area contributed by atoms with Crippen LogP contribution in [0.25, 0.3) is 10.9 Å². The number of H-pyrrole nitrogens is 1. The first kappa shape index (κ1) is 39.1. The van der Waals surface area contributed by atoms with Crippen LogP contribution in [0.4, 0.5) is 15.6 Å². The predicted molar refractivity (Wildman–Crippen MR) is 201 cm³/mol. The Bertz CT molecular complexity index is 1930. The van der Waals surface area contributed by atoms with E-state index >= 15 is 0 Å². The Balaban J connectivity index is 1.47. The van der Waals surface area contributed by atoms with Crippen LogP contribution in [0.3, 0.4) is 0 Å². The standard InChI is InChI=1S/C38H49ClN8O6/c1-7-22(5)29(43-37(51)52-20-24-13-11-10-12-14-24)32(48)45-38(16-15-28-26(19-38)25-17-21(4)18-27(39)31(25)41-28)34(49)42-30(23(6)8-2)33-46-47-36(53-33)44-35(50)40-9-3/h10-14,17-18,22-23,29-30,41H,7-9,15-16,19-20H2,1-6H3,(H,42,49)(H,43,51)(H,45,48)(H2,40,44,47,50)/t22?,23?,29-,30-,38+/m0/s1. The van der Waals surface area contributed by atoms with Crippen molar-refractivity contribution in [3.63, 3.8) is 0 Å². The fourth-order valence-corrected chi connectivity index (χ4v) is 6.90. The molecular formula is C38H49ClN8O6. The van der Waals surface area contributed by atoms with Gasteiger partial charge >= 0.3 is 18.1 Å². The average molecular weight is 749 g/mol. The molecule has 2 aromatic heterocycles. The van der Waals surface area contributed by atoms with E-state index in [0.29, 0.717) is 30.8 Å². The number of fused-ring (bicyclic) bond motifs is 3. The lowest BCUT2D eigenvalue weighted by molar-refractivity contribution is -0.136. The summed E-state index contributed by atoms with van der Waals surface area (Å²) < 4.78 is 11.3. The fraction of sp³-hybridized carbons (Fsp3) is 0.474. The number of halogens is 1. The smallest absolute Gasteiger partial charge is 0.408 e. The number of aromatic amines is 1. The summed E-state index contributed by atoms with van der Waals surface area (Å²) in [5.41, 5.74) is 2.87. The van der Waals surface area contributed by atoms with E-state index in [4.69, 9.17) is 20.8 Å². The van der Waals surface area contributed by atoms with Gasteiger partial charge in [0.2, 0.25) is 17.7 Å². The summed E-state index contributed by atoms with van der Waals surface area (Å²) in [5.74, 6) is -1.34. The van der Waals surface area contributed by atoms with E-state index in [1.165, 1.54) is 0 Å². The fourth-order valence-electron chi connectivity index (χ4n) is 6.58. The van der Waals surface area contributed by atoms with Gasteiger partial charge < -0.3 is 35.4 Å². The van der Waals surface area contributed by atoms with Crippen molar-refractivity contribution >= 4 is 52.5 Å². The number of hydrogen-bond donors (Lipinski definition) is 6. The summed E-state index contributed by atoms with van der Waals surface area (Å²) in [7, 11) is 0. The zero-order valence-electron chi connectivity index (χ0n) is 31.0. The number of carbonyl (C=O) groups is 4. The van der Waals surface area contributed by atoms with Crippen molar-refractivity contribution in [2.24, 2.45) is 11.8 Å². The topological polar surface area (TPSA) is 192 Å². The van der Waals surface area contributed by atoms with Gasteiger partial charge in [-0.3, -0.25) is 14.9 Å². The Morgan fingerprint density at radius 1 is 1.02 bits per heavy atom. The number of urea groups is 1. The summed E-state index contributed by atoms with van der Waals surface area (Å²) in [4.78, 5) is 57.8. The number of ether oxygens (including phenoxy) is 1. The highest BCUT2D eigenvalue weighted by Gasteiger charge is 2.47. The van der Waals surface area contributed by atoms with Crippen LogP contribution in [0.1, 0.15) is 88.2 Å². The number of carbonyl (C=O) groups excluding carboxylic acids is 4. The van der Waals surface area contributed by atoms with E-state index in [-0.39, 0.29) is 43.2 Å². The zero-order valence-corrected chi connectivity index (χ0v) is 31.8. The molecule has 2 aromatic carbocycles. The SMILES string of the molecule is CCNC(=O)Nc1nnc([C@@H](NC(=O)[C@@]2(NC(=O)[C@@H](NC(=O)OCc3ccccc3)C(C)CC)CCc3[nH]c4c(Cl)cc(C)cc4c3C2)C(C)CC)o1. The molecule has 6 N–H and O–H groups in total. The van der Waals surface area contributed by atoms with E-state index < -0.39 is 41.6 Å². The predicted octanol–water partition coefficient (Wildman–Crippen LogP) is 6.24. The van der Waals surface area contributed by atoms with Gasteiger partial charge in [0, 0.05) is 24.0 Å². The normalized spacial score (nSPS) is 17.5. The van der Waals surface area contributed by atoms with E-state index in [1.807, 2.05) is 77.1 Å². The van der Waals surface area contributed by atoms with Crippen molar-refractivity contribution in [2.45, 2.75) is 97.9 Å². The van der Waals surface area contributed by atoms with Crippen molar-refractivity contribution < 1.29 is 28.3 Å². The molecule has 2 unspecified atom stereocenters. The van der Waals surface area contributed by atoms with Gasteiger partial charge in [0.25, 0.3) is 0 Å². The third-order valence-corrected chi connectivity index (χ3v) is 10.3. The molecule has 14 nitrogen and oxygen atoms in total. The number of rotatable bonds is 14. The van der Waals surface area contributed by atoms with Crippen LogP contribution >= 0.6 is 11.6 Å². The third-order valence-electron chi connectivity index (χ3n) is 10.0. The quantitative estimate of drug-likeness (QED) is 0.0872. The second-order valence-electron chi connectivity index (χ2n) is 13.8. The number of hydrogen-bond acceptors (Lipinski definition) is 8. The van der Waals surface area contributed by atoms with Crippen molar-refractivity contribution in [1.29, 1.82) is 0 Å². The van der Waals surface area contributed by atoms with Gasteiger partial charge in [-0.15, -0.1) is 5.10 Å². The first-order valence-corrected chi connectivity index (χ1v) is 18.5. The Labute approximate surface area is 313 Å². The van der Waals surface area contributed by atoms with Crippen LogP contribution in [0.15, 0.2) is 46.9 Å². The first-order valence-electron chi connectivity index (χ1n) is 18.2. The van der Waals surface area contributed by atoms with Gasteiger partial charge in [0.15, 0.2) is 0 Å². The van der Waals surface area contributed by atoms with Crippen LogP contribution in [-0.2, 0) is 33.8 Å². The van der Waals surface area contributed by atoms with Crippen LogP contribution < -0.4 is 26.6 Å². The van der Waals surface area contributed by atoms with Crippen LogP contribution in [0, 0.1) is 18.8 Å². The summed E-state index contributed by atoms with van der Waals surface area (Å²) in [6.07, 6.45) is 1.29. The van der Waals surface area contributed by atoms with Gasteiger partial charge in [-0.25, -0.2) is 9.59 Å². The van der Waals surface area contributed by atoms with Crippen LogP contribution in [0.2, 0.25) is 5.02 Å². The number of anilines is 1. The second-order valence-corrected chi connectivity index (χ2v) is 14.2. The number of benzene rings is 2. The van der Waals surface area contributed by atoms with E-state index in [1.54, 1.807) is 6.92 Å². The highest BCUT2D eigenvalue weighted by atomic mass is 35.5. The highest BCUT2D eigenvalue weighted by Crippen LogP contribution is 2.38. The Hall–Kier alpha value is -5.11. The number of nitrogens with one attached hydrogen (secondary N) is 6. The molecule has 1 aliphatic rings. The number of nitrogens with zero attached hydrogens (tertiary/aromatic N) is 2. The molecule has 5 rings (SSSR count). The minimum Gasteiger partial charge on any atom is -0.445 e. The number of aromatic nitrogens is 3. The minimum atomic E-state index is -1.45. The van der Waals surface area contributed by atoms with Crippen LogP contribution in [0.5, 0.6) is 0 Å². The van der Waals surface area contributed by atoms with E-state index in [0.717, 1.165) is 33.3 Å². The summed E-state index contributed by atoms with van der Waals surface area (Å²) in [6.45, 7) is 11.8. The molecule has 15 heteroatoms. The number of amides is 5. The number of alkyl carbamates (subject to hydrolysis) is 1. The maximum Gasteiger partial charge on any atom is 0.408 e. The molecule has 0 bridgehead atoms. The highest BCUT2D eigenvalue weighted by molar-refractivity contribution is 6.35. The van der Waals surface area contributed by atoms with Crippen molar-refractivity contribution in [3.8, 4) is 0 Å². The molecule has 0 spiro atoms. The monoisotopic (exact) mass is 748 g/mol. The minimum absolute atomic E-state index is 0.0341. The average Bonchev–Trinajstić information content (AvgIpc) is 3.75. The van der Waals surface area contributed by atoms with E-state index in [9.17, 15) is 19.2 Å². The number of aryl methyl sites for hydroxylation is 2. The molecule has 284 valence electrons. The molecule has 0 saturated carbocycles. The molecule has 53 heavy (non-hydrogen) atoms. The second kappa shape index (κ2) is 17.1. The summed E-state index contributed by atoms with van der Waals surface area (Å²) in [5, 5.41) is 23.7. The van der Waals surface area contributed by atoms with Crippen molar-refractivity contribution in [3.05, 3.63) is 75.8 Å². The van der Waals surface area contributed by atoms with Gasteiger partial charge in [0.1, 0.15) is 24.2 Å². The van der Waals surface area contributed by atoms with Crippen molar-refractivity contribution in [2.75, 3.05) is 11.9 Å². The molecule has 0 radical (unpaired) electrons. The van der Waals surface area contributed by atoms with Gasteiger partial charge in [-0.2, -0.15) is 0 Å². The molecular weight excluding hydrogens is 700 g/mol. The van der Waals surface area contributed by atoms with Gasteiger partial charge in [-0.1, -0.05) is 87.6 Å². The molecule has 5 atom stereocenters. The summed E-state index contributed by atoms with van der Waals surface area (Å²) in [6, 6.07) is 10.8. The largest absolute Gasteiger partial charge is 0.445 e. The lowest BCUT2D eigenvalue weighted by Gasteiger charge is -2.39. The molecule has 0 saturated heterocycles. The Morgan fingerprint density at radius 3 is 2.45 bits per heavy atom. The van der Waals surface area contributed by atoms with Crippen molar-refractivity contribution in [1.82, 2.24) is 36.4 Å². The summed E-state index contributed by atoms with van der Waals surface area (Å²) >= 11 is 6.66. The molecule has 5 amide bonds. The first-order chi connectivity index (χ1) is 25.4. The lowest BCUT2D eigenvalue weighted by atomic mass is 9.78. The zero-order chi connectivity index (χ0) is 38.3. The molecule has 4 aromatic rings. The maximum absolute atomic E-state index is 14.8. The van der Waals surface area contributed by atoms with Gasteiger partial charge in [-0.05, 0) is 67.3 Å².